The van der Waals surface area contributed by atoms with Gasteiger partial charge in [-0.25, -0.2) is 18.0 Å². The van der Waals surface area contributed by atoms with E-state index in [2.05, 4.69) is 0 Å². The van der Waals surface area contributed by atoms with Crippen molar-refractivity contribution < 1.29 is 32.5 Å². The van der Waals surface area contributed by atoms with Gasteiger partial charge in [0, 0.05) is 43.8 Å². The first-order valence-corrected chi connectivity index (χ1v) is 16.5. The van der Waals surface area contributed by atoms with E-state index in [1.54, 1.807) is 18.2 Å². The zero-order valence-corrected chi connectivity index (χ0v) is 25.3. The fourth-order valence-corrected chi connectivity index (χ4v) is 7.91. The van der Waals surface area contributed by atoms with Gasteiger partial charge in [0.1, 0.15) is 18.9 Å². The molecule has 0 aliphatic carbocycles. The molecule has 5 N–H and O–H groups in total. The number of hydrogen-bond acceptors (Lipinski definition) is 8. The van der Waals surface area contributed by atoms with E-state index in [0.717, 1.165) is 36.5 Å². The number of nitrogens with two attached hydrogens (primary N) is 2. The molecule has 0 saturated carbocycles. The molecule has 0 aromatic heterocycles. The molecule has 2 saturated heterocycles. The smallest absolute Gasteiger partial charge is 0.368 e. The second kappa shape index (κ2) is 14.0. The number of piperidine rings is 1. The first-order chi connectivity index (χ1) is 20.6. The summed E-state index contributed by atoms with van der Waals surface area (Å²) < 4.78 is 24.7. The van der Waals surface area contributed by atoms with Crippen LogP contribution in [0, 0.1) is 5.92 Å². The Morgan fingerprint density at radius 3 is 2.26 bits per heavy atom. The first kappa shape index (κ1) is 32.7. The molecule has 2 aliphatic heterocycles. The van der Waals surface area contributed by atoms with Crippen molar-refractivity contribution >= 4 is 28.0 Å². The number of carbonyl (C=O) groups excluding carboxylic acids is 2. The summed E-state index contributed by atoms with van der Waals surface area (Å²) in [5.41, 5.74) is 12.3. The van der Waals surface area contributed by atoms with Crippen LogP contribution in [0.1, 0.15) is 50.5 Å². The summed E-state index contributed by atoms with van der Waals surface area (Å²) in [5, 5.41) is 14.0. The summed E-state index contributed by atoms with van der Waals surface area (Å²) in [4.78, 5) is 40.3. The van der Waals surface area contributed by atoms with Crippen LogP contribution in [0.2, 0.25) is 0 Å². The Morgan fingerprint density at radius 2 is 1.65 bits per heavy atom. The van der Waals surface area contributed by atoms with Gasteiger partial charge in [0.25, 0.3) is 0 Å². The number of allylic oxidation sites excluding steroid dienone is 1. The van der Waals surface area contributed by atoms with Gasteiger partial charge in [-0.1, -0.05) is 61.0 Å². The lowest BCUT2D eigenvalue weighted by Crippen LogP contribution is -2.78. The van der Waals surface area contributed by atoms with Crippen LogP contribution in [-0.2, 0) is 30.6 Å². The van der Waals surface area contributed by atoms with Crippen molar-refractivity contribution in [1.82, 2.24) is 5.01 Å². The largest absolute Gasteiger partial charge is 0.477 e. The van der Waals surface area contributed by atoms with Crippen LogP contribution in [0.5, 0.6) is 0 Å². The summed E-state index contributed by atoms with van der Waals surface area (Å²) >= 11 is 0. The molecule has 2 aromatic carbocycles. The lowest BCUT2D eigenvalue weighted by molar-refractivity contribution is -0.995. The maximum Gasteiger partial charge on any atom is 0.368 e. The van der Waals surface area contributed by atoms with Crippen molar-refractivity contribution in [3.05, 3.63) is 77.7 Å². The molecular weight excluding hydrogens is 568 g/mol. The van der Waals surface area contributed by atoms with E-state index < -0.39 is 49.8 Å². The molecule has 2 aliphatic rings. The number of aldehydes is 1. The first-order valence-electron chi connectivity index (χ1n) is 14.9. The van der Waals surface area contributed by atoms with Gasteiger partial charge >= 0.3 is 11.9 Å². The Labute approximate surface area is 253 Å². The van der Waals surface area contributed by atoms with Crippen molar-refractivity contribution in [3.8, 4) is 0 Å². The lowest BCUT2D eigenvalue weighted by atomic mass is 9.83. The number of carboxylic acid groups (broad SMARTS) is 1. The van der Waals surface area contributed by atoms with Gasteiger partial charge in [0.2, 0.25) is 5.54 Å². The molecule has 232 valence electrons. The summed E-state index contributed by atoms with van der Waals surface area (Å²) in [7, 11) is -3.62. The molecule has 0 radical (unpaired) electrons. The molecule has 1 amide bonds. The Kier molecular flexibility index (Phi) is 10.7. The fraction of sp³-hybridized carbons (Fsp3) is 0.469. The summed E-state index contributed by atoms with van der Waals surface area (Å²) in [5.74, 6) is -2.26. The predicted octanol–water partition coefficient (Wildman–Crippen LogP) is 2.83. The number of likely N-dealkylation sites (tertiary alicyclic amines) is 1. The number of carbonyl (C=O) groups is 3. The molecule has 0 spiro atoms. The maximum absolute atomic E-state index is 14.5. The van der Waals surface area contributed by atoms with E-state index >= 15 is 0 Å². The van der Waals surface area contributed by atoms with Crippen molar-refractivity contribution in [2.45, 2.75) is 73.9 Å². The molecular formula is C32H43N4O6S+. The minimum Gasteiger partial charge on any atom is -0.477 e. The van der Waals surface area contributed by atoms with Gasteiger partial charge in [-0.05, 0) is 43.4 Å². The van der Waals surface area contributed by atoms with Gasteiger partial charge in [-0.15, -0.1) is 5.01 Å². The van der Waals surface area contributed by atoms with E-state index in [-0.39, 0.29) is 30.7 Å². The number of aliphatic carboxylic acids is 1. The van der Waals surface area contributed by atoms with Gasteiger partial charge in [0.15, 0.2) is 9.84 Å². The second-order valence-electron chi connectivity index (χ2n) is 11.8. The number of rotatable bonds is 13. The minimum absolute atomic E-state index is 0.0269. The van der Waals surface area contributed by atoms with Crippen LogP contribution in [0.3, 0.4) is 0 Å². The van der Waals surface area contributed by atoms with Crippen LogP contribution in [0.4, 0.5) is 0 Å². The van der Waals surface area contributed by atoms with Crippen LogP contribution in [0.15, 0.2) is 77.0 Å². The van der Waals surface area contributed by atoms with Crippen molar-refractivity contribution in [2.75, 3.05) is 19.6 Å². The molecule has 2 aromatic rings. The van der Waals surface area contributed by atoms with Crippen molar-refractivity contribution in [3.63, 3.8) is 0 Å². The van der Waals surface area contributed by atoms with Crippen LogP contribution < -0.4 is 11.5 Å². The molecule has 4 rings (SSSR count). The second-order valence-corrected chi connectivity index (χ2v) is 13.6. The monoisotopic (exact) mass is 611 g/mol. The van der Waals surface area contributed by atoms with Crippen LogP contribution in [-0.4, -0.2) is 78.5 Å². The molecule has 5 atom stereocenters. The van der Waals surface area contributed by atoms with Gasteiger partial charge in [-0.2, -0.15) is 4.59 Å². The lowest BCUT2D eigenvalue weighted by Gasteiger charge is -2.51. The van der Waals surface area contributed by atoms with Crippen molar-refractivity contribution in [2.24, 2.45) is 17.4 Å². The number of benzene rings is 2. The molecule has 43 heavy (non-hydrogen) atoms. The van der Waals surface area contributed by atoms with Crippen molar-refractivity contribution in [1.29, 1.82) is 0 Å². The van der Waals surface area contributed by atoms with Gasteiger partial charge < -0.3 is 21.4 Å². The van der Waals surface area contributed by atoms with Gasteiger partial charge in [-0.3, -0.25) is 0 Å². The number of nitrogens with zero attached hydrogens (tertiary/aromatic N) is 2. The zero-order chi connectivity index (χ0) is 31.1. The standard InChI is InChI=1S/C32H42N4O6S/c33-27(14-8-11-19-43(41,42)28-15-6-2-7-16-28)22-32(31(39)40)21-26(24-37)23-36(32,35-17-9-3-10-18-35)30(38)29(34)20-25-12-4-1-5-13-25/h1-2,4-7,11-13,15-16,19,24,26-27,29H,3,8-10,14,17-18,20-23,33-34H2/p+1/t26?,27?,29-,32+,36?/m0/s1. The molecule has 10 nitrogen and oxygen atoms in total. The van der Waals surface area contributed by atoms with E-state index in [9.17, 15) is 27.9 Å². The highest BCUT2D eigenvalue weighted by Gasteiger charge is 2.71. The molecule has 11 heteroatoms. The highest BCUT2D eigenvalue weighted by molar-refractivity contribution is 7.94. The highest BCUT2D eigenvalue weighted by atomic mass is 32.2. The summed E-state index contributed by atoms with van der Waals surface area (Å²) in [6.07, 6.45) is 5.58. The predicted molar refractivity (Wildman–Crippen MR) is 163 cm³/mol. The Hall–Kier alpha value is -3.22. The molecule has 2 heterocycles. The van der Waals surface area contributed by atoms with E-state index in [1.807, 2.05) is 35.3 Å². The topological polar surface area (TPSA) is 161 Å². The third kappa shape index (κ3) is 6.97. The zero-order valence-electron chi connectivity index (χ0n) is 24.5. The van der Waals surface area contributed by atoms with E-state index in [4.69, 9.17) is 11.5 Å². The average molecular weight is 612 g/mol. The minimum atomic E-state index is -3.62. The van der Waals surface area contributed by atoms with Crippen LogP contribution >= 0.6 is 0 Å². The average Bonchev–Trinajstić information content (AvgIpc) is 3.36. The fourth-order valence-electron chi connectivity index (χ4n) is 6.83. The molecule has 2 fully saturated rings. The quantitative estimate of drug-likeness (QED) is 0.229. The Bertz CT molecular complexity index is 1400. The number of carboxylic acids is 1. The Morgan fingerprint density at radius 1 is 1.02 bits per heavy atom. The summed E-state index contributed by atoms with van der Waals surface area (Å²) in [6.45, 7) is 1.05. The van der Waals surface area contributed by atoms with E-state index in [1.165, 1.54) is 18.2 Å². The number of quaternary nitrogens is 1. The number of amides is 1. The van der Waals surface area contributed by atoms with Crippen LogP contribution in [0.25, 0.3) is 0 Å². The van der Waals surface area contributed by atoms with Gasteiger partial charge in [0.05, 0.1) is 10.8 Å². The summed E-state index contributed by atoms with van der Waals surface area (Å²) in [6, 6.07) is 15.8. The Balaban J connectivity index is 1.63. The normalized spacial score (nSPS) is 26.2. The molecule has 3 unspecified atom stereocenters. The third-order valence-corrected chi connectivity index (χ3v) is 10.3. The highest BCUT2D eigenvalue weighted by Crippen LogP contribution is 2.47. The number of sulfone groups is 1. The SMILES string of the molecule is NC(CCC=CS(=O)(=O)c1ccccc1)C[C@@]1(C(=O)O)CC(C=O)C[N+]1(C(=O)[C@@H](N)Cc1ccccc1)N1CCCCC1. The van der Waals surface area contributed by atoms with E-state index in [0.29, 0.717) is 25.9 Å². The number of hydrogen-bond donors (Lipinski definition) is 3. The maximum atomic E-state index is 14.5. The molecule has 0 bridgehead atoms. The third-order valence-electron chi connectivity index (χ3n) is 8.84.